The Kier molecular flexibility index (Phi) is 5.81. The predicted molar refractivity (Wildman–Crippen MR) is 64.1 cm³/mol. The molecule has 0 heterocycles. The Hall–Kier alpha value is -1.93. The number of nitrogens with zero attached hydrogens (tertiary/aromatic N) is 1. The summed E-state index contributed by atoms with van der Waals surface area (Å²) >= 11 is 0. The van der Waals surface area contributed by atoms with Gasteiger partial charge in [0.15, 0.2) is 0 Å². The standard InChI is InChI=1S/C13H15FN2O2/c1-2-5-18-9-13(17)16-8-11-4-3-10(7-15)6-12(11)14/h3-4,6H,2,5,8-9H2,1H3,(H,16,17). The lowest BCUT2D eigenvalue weighted by atomic mass is 10.1. The molecule has 0 bridgehead atoms. The minimum atomic E-state index is -0.496. The van der Waals surface area contributed by atoms with Crippen LogP contribution < -0.4 is 5.32 Å². The minimum Gasteiger partial charge on any atom is -0.372 e. The fourth-order valence-corrected chi connectivity index (χ4v) is 1.31. The van der Waals surface area contributed by atoms with Crippen LogP contribution in [0.3, 0.4) is 0 Å². The second kappa shape index (κ2) is 7.41. The average Bonchev–Trinajstić information content (AvgIpc) is 2.37. The molecule has 0 radical (unpaired) electrons. The molecule has 1 N–H and O–H groups in total. The number of carbonyl (C=O) groups is 1. The zero-order chi connectivity index (χ0) is 13.4. The van der Waals surface area contributed by atoms with Crippen molar-refractivity contribution in [3.8, 4) is 6.07 Å². The summed E-state index contributed by atoms with van der Waals surface area (Å²) in [7, 11) is 0. The number of nitrogens with one attached hydrogen (secondary N) is 1. The number of carbonyl (C=O) groups excluding carboxylic acids is 1. The van der Waals surface area contributed by atoms with E-state index < -0.39 is 5.82 Å². The fraction of sp³-hybridized carbons (Fsp3) is 0.385. The number of amides is 1. The first-order valence-electron chi connectivity index (χ1n) is 5.70. The third-order valence-electron chi connectivity index (χ3n) is 2.24. The van der Waals surface area contributed by atoms with Crippen molar-refractivity contribution in [2.75, 3.05) is 13.2 Å². The van der Waals surface area contributed by atoms with Crippen LogP contribution in [0, 0.1) is 17.1 Å². The summed E-state index contributed by atoms with van der Waals surface area (Å²) in [5.74, 6) is -0.781. The number of halogens is 1. The van der Waals surface area contributed by atoms with Gasteiger partial charge in [0.25, 0.3) is 0 Å². The molecule has 0 saturated carbocycles. The van der Waals surface area contributed by atoms with Crippen LogP contribution >= 0.6 is 0 Å². The molecule has 0 aliphatic rings. The molecule has 96 valence electrons. The molecule has 5 heteroatoms. The molecule has 0 saturated heterocycles. The second-order valence-electron chi connectivity index (χ2n) is 3.75. The van der Waals surface area contributed by atoms with Gasteiger partial charge in [-0.1, -0.05) is 13.0 Å². The van der Waals surface area contributed by atoms with E-state index >= 15 is 0 Å². The van der Waals surface area contributed by atoms with Crippen LogP contribution in [-0.4, -0.2) is 19.1 Å². The van der Waals surface area contributed by atoms with Crippen LogP contribution in [0.25, 0.3) is 0 Å². The summed E-state index contributed by atoms with van der Waals surface area (Å²) in [6.45, 7) is 2.54. The highest BCUT2D eigenvalue weighted by Crippen LogP contribution is 2.09. The number of hydrogen-bond acceptors (Lipinski definition) is 3. The van der Waals surface area contributed by atoms with E-state index in [1.54, 1.807) is 0 Å². The number of nitriles is 1. The second-order valence-corrected chi connectivity index (χ2v) is 3.75. The average molecular weight is 250 g/mol. The molecular weight excluding hydrogens is 235 g/mol. The molecule has 1 rings (SSSR count). The first-order chi connectivity index (χ1) is 8.67. The van der Waals surface area contributed by atoms with Crippen LogP contribution in [0.1, 0.15) is 24.5 Å². The lowest BCUT2D eigenvalue weighted by Crippen LogP contribution is -2.27. The Bertz CT molecular complexity index is 455. The Morgan fingerprint density at radius 2 is 2.33 bits per heavy atom. The quantitative estimate of drug-likeness (QED) is 0.782. The molecule has 0 aromatic heterocycles. The molecule has 0 spiro atoms. The van der Waals surface area contributed by atoms with Gasteiger partial charge in [-0.2, -0.15) is 5.26 Å². The van der Waals surface area contributed by atoms with Gasteiger partial charge >= 0.3 is 0 Å². The van der Waals surface area contributed by atoms with Crippen molar-refractivity contribution in [1.82, 2.24) is 5.32 Å². The van der Waals surface area contributed by atoms with Gasteiger partial charge in [-0.3, -0.25) is 4.79 Å². The number of benzene rings is 1. The number of rotatable bonds is 6. The number of hydrogen-bond donors (Lipinski definition) is 1. The van der Waals surface area contributed by atoms with Crippen LogP contribution in [0.4, 0.5) is 4.39 Å². The molecule has 0 unspecified atom stereocenters. The maximum Gasteiger partial charge on any atom is 0.246 e. The van der Waals surface area contributed by atoms with Crippen LogP contribution in [0.5, 0.6) is 0 Å². The summed E-state index contributed by atoms with van der Waals surface area (Å²) in [6.07, 6.45) is 0.845. The van der Waals surface area contributed by atoms with E-state index in [0.717, 1.165) is 12.5 Å². The van der Waals surface area contributed by atoms with E-state index in [2.05, 4.69) is 5.32 Å². The highest BCUT2D eigenvalue weighted by molar-refractivity contribution is 5.77. The van der Waals surface area contributed by atoms with Gasteiger partial charge in [0, 0.05) is 18.7 Å². The van der Waals surface area contributed by atoms with Gasteiger partial charge in [0.05, 0.1) is 11.6 Å². The molecule has 0 aliphatic heterocycles. The Balaban J connectivity index is 2.44. The highest BCUT2D eigenvalue weighted by Gasteiger charge is 2.06. The van der Waals surface area contributed by atoms with E-state index in [0.29, 0.717) is 12.2 Å². The lowest BCUT2D eigenvalue weighted by Gasteiger charge is -2.06. The van der Waals surface area contributed by atoms with Gasteiger partial charge in [-0.05, 0) is 18.6 Å². The molecular formula is C13H15FN2O2. The summed E-state index contributed by atoms with van der Waals surface area (Å²) in [5, 5.41) is 11.1. The van der Waals surface area contributed by atoms with Crippen molar-refractivity contribution < 1.29 is 13.9 Å². The highest BCUT2D eigenvalue weighted by atomic mass is 19.1. The Morgan fingerprint density at radius 1 is 1.56 bits per heavy atom. The van der Waals surface area contributed by atoms with Gasteiger partial charge in [-0.25, -0.2) is 4.39 Å². The largest absolute Gasteiger partial charge is 0.372 e. The van der Waals surface area contributed by atoms with Crippen molar-refractivity contribution in [1.29, 1.82) is 5.26 Å². The first-order valence-corrected chi connectivity index (χ1v) is 5.70. The molecule has 1 aromatic carbocycles. The molecule has 4 nitrogen and oxygen atoms in total. The zero-order valence-corrected chi connectivity index (χ0v) is 10.2. The van der Waals surface area contributed by atoms with Gasteiger partial charge in [0.1, 0.15) is 12.4 Å². The van der Waals surface area contributed by atoms with E-state index in [1.165, 1.54) is 12.1 Å². The van der Waals surface area contributed by atoms with Crippen molar-refractivity contribution in [3.63, 3.8) is 0 Å². The van der Waals surface area contributed by atoms with Gasteiger partial charge in [0.2, 0.25) is 5.91 Å². The zero-order valence-electron chi connectivity index (χ0n) is 10.2. The topological polar surface area (TPSA) is 62.1 Å². The van der Waals surface area contributed by atoms with E-state index in [-0.39, 0.29) is 24.6 Å². The summed E-state index contributed by atoms with van der Waals surface area (Å²) in [4.78, 5) is 11.3. The van der Waals surface area contributed by atoms with E-state index in [4.69, 9.17) is 10.00 Å². The van der Waals surface area contributed by atoms with Crippen LogP contribution in [-0.2, 0) is 16.1 Å². The van der Waals surface area contributed by atoms with Crippen molar-refractivity contribution in [2.24, 2.45) is 0 Å². The molecule has 0 atom stereocenters. The summed E-state index contributed by atoms with van der Waals surface area (Å²) < 4.78 is 18.5. The monoisotopic (exact) mass is 250 g/mol. The Labute approximate surface area is 105 Å². The molecule has 1 amide bonds. The van der Waals surface area contributed by atoms with Crippen molar-refractivity contribution in [2.45, 2.75) is 19.9 Å². The maximum atomic E-state index is 13.5. The molecule has 0 aliphatic carbocycles. The van der Waals surface area contributed by atoms with Crippen LogP contribution in [0.2, 0.25) is 0 Å². The van der Waals surface area contributed by atoms with E-state index in [1.807, 2.05) is 13.0 Å². The van der Waals surface area contributed by atoms with Crippen molar-refractivity contribution >= 4 is 5.91 Å². The minimum absolute atomic E-state index is 0.0221. The van der Waals surface area contributed by atoms with Crippen LogP contribution in [0.15, 0.2) is 18.2 Å². The van der Waals surface area contributed by atoms with Gasteiger partial charge < -0.3 is 10.1 Å². The lowest BCUT2D eigenvalue weighted by molar-refractivity contribution is -0.125. The Morgan fingerprint density at radius 3 is 2.94 bits per heavy atom. The van der Waals surface area contributed by atoms with Gasteiger partial charge in [-0.15, -0.1) is 0 Å². The predicted octanol–water partition coefficient (Wildman–Crippen LogP) is 1.74. The summed E-state index contributed by atoms with van der Waals surface area (Å²) in [6, 6.07) is 5.99. The van der Waals surface area contributed by atoms with E-state index in [9.17, 15) is 9.18 Å². The molecule has 1 aromatic rings. The maximum absolute atomic E-state index is 13.5. The molecule has 0 fully saturated rings. The normalized spacial score (nSPS) is 9.83. The summed E-state index contributed by atoms with van der Waals surface area (Å²) in [5.41, 5.74) is 0.603. The smallest absolute Gasteiger partial charge is 0.246 e. The molecule has 18 heavy (non-hydrogen) atoms. The van der Waals surface area contributed by atoms with Crippen molar-refractivity contribution in [3.05, 3.63) is 35.1 Å². The third-order valence-corrected chi connectivity index (χ3v) is 2.24. The third kappa shape index (κ3) is 4.52. The fourth-order valence-electron chi connectivity index (χ4n) is 1.31. The first kappa shape index (κ1) is 14.1. The number of ether oxygens (including phenoxy) is 1. The SMILES string of the molecule is CCCOCC(=O)NCc1ccc(C#N)cc1F.